The summed E-state index contributed by atoms with van der Waals surface area (Å²) in [5, 5.41) is 13.2. The summed E-state index contributed by atoms with van der Waals surface area (Å²) in [6.07, 6.45) is 4.95. The van der Waals surface area contributed by atoms with Gasteiger partial charge in [-0.3, -0.25) is 9.80 Å². The van der Waals surface area contributed by atoms with Gasteiger partial charge in [0, 0.05) is 18.6 Å². The molecule has 0 atom stereocenters. The van der Waals surface area contributed by atoms with Crippen LogP contribution in [-0.2, 0) is 10.3 Å². The van der Waals surface area contributed by atoms with Crippen LogP contribution in [0.2, 0.25) is 0 Å². The molecule has 1 aromatic carbocycles. The first-order valence-electron chi connectivity index (χ1n) is 12.2. The molecule has 2 N–H and O–H groups in total. The van der Waals surface area contributed by atoms with Crippen molar-refractivity contribution in [3.63, 3.8) is 0 Å². The molecule has 1 spiro atoms. The highest BCUT2D eigenvalue weighted by Gasteiger charge is 2.50. The summed E-state index contributed by atoms with van der Waals surface area (Å²) in [7, 11) is 4.23. The Labute approximate surface area is 205 Å². The van der Waals surface area contributed by atoms with E-state index in [-0.39, 0.29) is 22.7 Å². The van der Waals surface area contributed by atoms with Crippen molar-refractivity contribution < 1.29 is 19.4 Å². The Morgan fingerprint density at radius 1 is 1.11 bits per heavy atom. The van der Waals surface area contributed by atoms with Gasteiger partial charge in [0.2, 0.25) is 0 Å². The van der Waals surface area contributed by atoms with Crippen molar-refractivity contribution in [2.45, 2.75) is 36.8 Å². The molecule has 9 heteroatoms. The predicted molar refractivity (Wildman–Crippen MR) is 133 cm³/mol. The Balaban J connectivity index is 1.38. The summed E-state index contributed by atoms with van der Waals surface area (Å²) >= 11 is 0. The van der Waals surface area contributed by atoms with Crippen LogP contribution in [0.25, 0.3) is 0 Å². The maximum absolute atomic E-state index is 13.1. The average molecular weight is 480 g/mol. The maximum Gasteiger partial charge on any atom is 0.338 e. The molecule has 3 aliphatic rings. The number of pyridine rings is 1. The number of amides is 2. The number of benzene rings is 1. The van der Waals surface area contributed by atoms with Crippen molar-refractivity contribution in [2.24, 2.45) is 0 Å². The zero-order valence-corrected chi connectivity index (χ0v) is 20.4. The highest BCUT2D eigenvalue weighted by atomic mass is 16.5. The number of urea groups is 1. The number of carbonyl (C=O) groups is 2. The van der Waals surface area contributed by atoms with E-state index in [1.54, 1.807) is 11.0 Å². The highest BCUT2D eigenvalue weighted by Crippen LogP contribution is 2.46. The molecule has 0 bridgehead atoms. The molecule has 35 heavy (non-hydrogen) atoms. The molecule has 3 heterocycles. The number of aromatic carboxylic acids is 1. The van der Waals surface area contributed by atoms with Gasteiger partial charge in [-0.25, -0.2) is 14.6 Å². The summed E-state index contributed by atoms with van der Waals surface area (Å²) in [6.45, 7) is 2.92. The van der Waals surface area contributed by atoms with Crippen molar-refractivity contribution in [1.82, 2.24) is 15.2 Å². The molecule has 0 unspecified atom stereocenters. The molecular weight excluding hydrogens is 446 g/mol. The van der Waals surface area contributed by atoms with Gasteiger partial charge in [0.1, 0.15) is 5.82 Å². The lowest BCUT2D eigenvalue weighted by Crippen LogP contribution is -2.54. The molecule has 2 saturated heterocycles. The van der Waals surface area contributed by atoms with Gasteiger partial charge in [-0.15, -0.1) is 0 Å². The van der Waals surface area contributed by atoms with Gasteiger partial charge in [-0.2, -0.15) is 0 Å². The number of nitrogens with one attached hydrogen (secondary N) is 1. The van der Waals surface area contributed by atoms with E-state index in [0.717, 1.165) is 25.7 Å². The normalized spacial score (nSPS) is 26.9. The van der Waals surface area contributed by atoms with Crippen LogP contribution in [0.15, 0.2) is 42.6 Å². The smallest absolute Gasteiger partial charge is 0.338 e. The van der Waals surface area contributed by atoms with E-state index in [4.69, 9.17) is 4.74 Å². The zero-order chi connectivity index (χ0) is 24.6. The minimum atomic E-state index is -1.06. The fourth-order valence-corrected chi connectivity index (χ4v) is 5.86. The molecule has 2 aliphatic heterocycles. The predicted octanol–water partition coefficient (Wildman–Crippen LogP) is 2.92. The van der Waals surface area contributed by atoms with Crippen LogP contribution < -0.4 is 15.1 Å². The van der Waals surface area contributed by atoms with Gasteiger partial charge in [0.05, 0.1) is 42.7 Å². The van der Waals surface area contributed by atoms with Gasteiger partial charge in [-0.05, 0) is 51.4 Å². The summed E-state index contributed by atoms with van der Waals surface area (Å²) < 4.78 is 5.39. The third kappa shape index (κ3) is 4.23. The lowest BCUT2D eigenvalue weighted by atomic mass is 9.69. The first kappa shape index (κ1) is 23.6. The molecule has 9 nitrogen and oxygen atoms in total. The number of nitrogens with zero attached hydrogens (tertiary/aromatic N) is 4. The minimum Gasteiger partial charge on any atom is -0.478 e. The number of hydrogen-bond acceptors (Lipinski definition) is 6. The van der Waals surface area contributed by atoms with Crippen LogP contribution in [-0.4, -0.2) is 79.5 Å². The second-order valence-electron chi connectivity index (χ2n) is 10.1. The number of aromatic nitrogens is 1. The van der Waals surface area contributed by atoms with E-state index < -0.39 is 5.97 Å². The first-order chi connectivity index (χ1) is 16.8. The molecule has 2 amide bonds. The Hall–Kier alpha value is -3.17. The summed E-state index contributed by atoms with van der Waals surface area (Å²) in [5.41, 5.74) is 1.26. The van der Waals surface area contributed by atoms with Crippen molar-refractivity contribution >= 4 is 23.5 Å². The Bertz CT molecular complexity index is 1090. The number of rotatable bonds is 5. The molecular formula is C26H33N5O4. The molecule has 2 aromatic rings. The van der Waals surface area contributed by atoms with E-state index in [2.05, 4.69) is 53.6 Å². The van der Waals surface area contributed by atoms with Crippen molar-refractivity contribution in [3.05, 3.63) is 53.7 Å². The Morgan fingerprint density at radius 2 is 1.80 bits per heavy atom. The third-order valence-electron chi connectivity index (χ3n) is 8.00. The van der Waals surface area contributed by atoms with Crippen LogP contribution in [0.4, 0.5) is 16.3 Å². The van der Waals surface area contributed by atoms with E-state index >= 15 is 0 Å². The number of carboxylic acids is 1. The van der Waals surface area contributed by atoms with Gasteiger partial charge in [0.15, 0.2) is 0 Å². The van der Waals surface area contributed by atoms with Crippen LogP contribution in [0.3, 0.4) is 0 Å². The van der Waals surface area contributed by atoms with E-state index in [1.807, 2.05) is 11.0 Å². The summed E-state index contributed by atoms with van der Waals surface area (Å²) in [5.74, 6) is -0.468. The molecule has 186 valence electrons. The standard InChI is InChI=1S/C26H33N5O4/c1-29(2)26(19-6-4-3-5-7-19)10-8-25(9-11-26)18-31(24(34)28-25)21-17-27-22(16-20(21)23(32)33)30-12-14-35-15-13-30/h3-7,16-17H,8-15,18H2,1-2H3,(H,28,34)(H,32,33). The number of hydrogen-bond donors (Lipinski definition) is 2. The molecule has 3 fully saturated rings. The molecule has 5 rings (SSSR count). The third-order valence-corrected chi connectivity index (χ3v) is 8.00. The first-order valence-corrected chi connectivity index (χ1v) is 12.2. The van der Waals surface area contributed by atoms with Crippen LogP contribution >= 0.6 is 0 Å². The monoisotopic (exact) mass is 479 g/mol. The SMILES string of the molecule is CN(C)C1(c2ccccc2)CCC2(CC1)CN(c1cnc(N3CCOCC3)cc1C(=O)O)C(=O)N2. The lowest BCUT2D eigenvalue weighted by molar-refractivity contribution is 0.0657. The van der Waals surface area contributed by atoms with Crippen LogP contribution in [0, 0.1) is 0 Å². The summed E-state index contributed by atoms with van der Waals surface area (Å²) in [4.78, 5) is 35.7. The largest absolute Gasteiger partial charge is 0.478 e. The second-order valence-corrected chi connectivity index (χ2v) is 10.1. The van der Waals surface area contributed by atoms with Gasteiger partial charge < -0.3 is 20.1 Å². The molecule has 1 aliphatic carbocycles. The van der Waals surface area contributed by atoms with E-state index in [9.17, 15) is 14.7 Å². The quantitative estimate of drug-likeness (QED) is 0.680. The van der Waals surface area contributed by atoms with Gasteiger partial charge in [-0.1, -0.05) is 30.3 Å². The highest BCUT2D eigenvalue weighted by molar-refractivity contribution is 6.03. The van der Waals surface area contributed by atoms with Crippen molar-refractivity contribution in [1.29, 1.82) is 0 Å². The molecule has 1 aromatic heterocycles. The number of morpholine rings is 1. The van der Waals surface area contributed by atoms with Crippen LogP contribution in [0.5, 0.6) is 0 Å². The molecule has 1 saturated carbocycles. The zero-order valence-electron chi connectivity index (χ0n) is 20.4. The lowest BCUT2D eigenvalue weighted by Gasteiger charge is -2.48. The fraction of sp³-hybridized carbons (Fsp3) is 0.500. The van der Waals surface area contributed by atoms with Crippen molar-refractivity contribution in [3.8, 4) is 0 Å². The Kier molecular flexibility index (Phi) is 6.14. The number of carboxylic acid groups (broad SMARTS) is 1. The summed E-state index contributed by atoms with van der Waals surface area (Å²) in [6, 6.07) is 11.9. The fourth-order valence-electron chi connectivity index (χ4n) is 5.86. The minimum absolute atomic E-state index is 0.0851. The maximum atomic E-state index is 13.1. The Morgan fingerprint density at radius 3 is 2.43 bits per heavy atom. The number of anilines is 2. The topological polar surface area (TPSA) is 98.2 Å². The molecule has 0 radical (unpaired) electrons. The number of ether oxygens (including phenoxy) is 1. The van der Waals surface area contributed by atoms with Gasteiger partial charge >= 0.3 is 12.0 Å². The van der Waals surface area contributed by atoms with E-state index in [1.165, 1.54) is 11.8 Å². The van der Waals surface area contributed by atoms with Crippen LogP contribution in [0.1, 0.15) is 41.6 Å². The van der Waals surface area contributed by atoms with Crippen molar-refractivity contribution in [2.75, 3.05) is 56.7 Å². The van der Waals surface area contributed by atoms with E-state index in [0.29, 0.717) is 44.4 Å². The number of carbonyl (C=O) groups excluding carboxylic acids is 1. The van der Waals surface area contributed by atoms with Gasteiger partial charge in [0.25, 0.3) is 0 Å². The second kappa shape index (κ2) is 9.13. The average Bonchev–Trinajstić information content (AvgIpc) is 3.20.